The molecule has 1 aromatic carbocycles. The van der Waals surface area contributed by atoms with E-state index in [-0.39, 0.29) is 17.7 Å². The predicted octanol–water partition coefficient (Wildman–Crippen LogP) is 0.687. The van der Waals surface area contributed by atoms with Crippen molar-refractivity contribution in [1.82, 2.24) is 9.13 Å². The van der Waals surface area contributed by atoms with Crippen molar-refractivity contribution in [2.24, 2.45) is 14.1 Å². The van der Waals surface area contributed by atoms with Crippen molar-refractivity contribution in [2.45, 2.75) is 6.42 Å². The van der Waals surface area contributed by atoms with Crippen molar-refractivity contribution >= 4 is 17.8 Å². The first kappa shape index (κ1) is 15.0. The van der Waals surface area contributed by atoms with Crippen LogP contribution in [0.4, 0.5) is 5.82 Å². The highest BCUT2D eigenvalue weighted by Crippen LogP contribution is 2.33. The second-order valence-corrected chi connectivity index (χ2v) is 5.60. The van der Waals surface area contributed by atoms with Crippen LogP contribution >= 0.6 is 0 Å². The number of benzene rings is 1. The third-order valence-electron chi connectivity index (χ3n) is 4.24. The van der Waals surface area contributed by atoms with Gasteiger partial charge in [-0.05, 0) is 5.56 Å². The van der Waals surface area contributed by atoms with Gasteiger partial charge in [0.1, 0.15) is 12.1 Å². The Labute approximate surface area is 132 Å². The molecule has 1 aliphatic rings. The summed E-state index contributed by atoms with van der Waals surface area (Å²) in [5, 5.41) is 0. The second kappa shape index (κ2) is 5.39. The van der Waals surface area contributed by atoms with Crippen molar-refractivity contribution < 1.29 is 4.79 Å². The number of aldehydes is 1. The molecule has 0 bridgehead atoms. The van der Waals surface area contributed by atoms with E-state index in [1.807, 2.05) is 30.3 Å². The highest BCUT2D eigenvalue weighted by atomic mass is 16.2. The van der Waals surface area contributed by atoms with Gasteiger partial charge in [-0.2, -0.15) is 0 Å². The summed E-state index contributed by atoms with van der Waals surface area (Å²) in [4.78, 5) is 38.0. The zero-order valence-corrected chi connectivity index (χ0v) is 13.2. The average molecular weight is 311 g/mol. The third-order valence-corrected chi connectivity index (χ3v) is 4.24. The molecule has 0 spiro atoms. The molecular formula is C17H17N3O3. The van der Waals surface area contributed by atoms with Gasteiger partial charge in [-0.1, -0.05) is 30.3 Å². The minimum Gasteiger partial charge on any atom is -0.329 e. The topological polar surface area (TPSA) is 64.3 Å². The Morgan fingerprint density at radius 1 is 1.00 bits per heavy atom. The molecule has 0 fully saturated rings. The van der Waals surface area contributed by atoms with Gasteiger partial charge in [0.15, 0.2) is 0 Å². The van der Waals surface area contributed by atoms with E-state index in [2.05, 4.69) is 0 Å². The maximum absolute atomic E-state index is 12.4. The average Bonchev–Trinajstić information content (AvgIpc) is 2.57. The summed E-state index contributed by atoms with van der Waals surface area (Å²) in [5.41, 5.74) is 1.83. The number of carbonyl (C=O) groups is 1. The molecule has 3 rings (SSSR count). The molecule has 0 saturated carbocycles. The minimum atomic E-state index is -0.387. The van der Waals surface area contributed by atoms with Crippen LogP contribution in [0.2, 0.25) is 0 Å². The van der Waals surface area contributed by atoms with Crippen LogP contribution in [0.1, 0.15) is 11.1 Å². The maximum atomic E-state index is 12.4. The zero-order chi connectivity index (χ0) is 16.7. The summed E-state index contributed by atoms with van der Waals surface area (Å²) in [5.74, 6) is 0.530. The molecule has 1 aromatic heterocycles. The van der Waals surface area contributed by atoms with Gasteiger partial charge in [-0.25, -0.2) is 4.79 Å². The SMILES string of the molecule is CN1C(c2ccccc2)=C(C=O)Cc2c1n(C)c(=O)n(C)c2=O. The summed E-state index contributed by atoms with van der Waals surface area (Å²) in [6, 6.07) is 9.47. The summed E-state index contributed by atoms with van der Waals surface area (Å²) < 4.78 is 2.52. The molecule has 0 radical (unpaired) electrons. The van der Waals surface area contributed by atoms with Gasteiger partial charge >= 0.3 is 5.69 Å². The van der Waals surface area contributed by atoms with Crippen LogP contribution < -0.4 is 16.1 Å². The number of carbonyl (C=O) groups excluding carboxylic acids is 1. The largest absolute Gasteiger partial charge is 0.332 e. The molecule has 0 unspecified atom stereocenters. The summed E-state index contributed by atoms with van der Waals surface area (Å²) >= 11 is 0. The van der Waals surface area contributed by atoms with Crippen LogP contribution in [-0.4, -0.2) is 22.5 Å². The lowest BCUT2D eigenvalue weighted by Gasteiger charge is -2.32. The van der Waals surface area contributed by atoms with E-state index < -0.39 is 0 Å². The number of fused-ring (bicyclic) bond motifs is 1. The minimum absolute atomic E-state index is 0.216. The summed E-state index contributed by atoms with van der Waals surface area (Å²) in [7, 11) is 4.84. The molecule has 0 amide bonds. The van der Waals surface area contributed by atoms with Crippen LogP contribution in [0, 0.1) is 0 Å². The van der Waals surface area contributed by atoms with Crippen LogP contribution in [0.3, 0.4) is 0 Å². The van der Waals surface area contributed by atoms with Crippen LogP contribution in [0.15, 0.2) is 45.5 Å². The number of nitrogens with zero attached hydrogens (tertiary/aromatic N) is 3. The van der Waals surface area contributed by atoms with Gasteiger partial charge in [0.05, 0.1) is 11.3 Å². The first-order chi connectivity index (χ1) is 11.0. The predicted molar refractivity (Wildman–Crippen MR) is 88.5 cm³/mol. The van der Waals surface area contributed by atoms with E-state index in [0.29, 0.717) is 17.0 Å². The third kappa shape index (κ3) is 2.14. The standard InChI is InChI=1S/C17H17N3O3/c1-18-14(11-7-5-4-6-8-11)12(10-21)9-13-15(18)19(2)17(23)20(3)16(13)22/h4-8,10H,9H2,1-3H3. The molecule has 23 heavy (non-hydrogen) atoms. The molecule has 0 saturated heterocycles. The number of anilines is 1. The molecule has 118 valence electrons. The van der Waals surface area contributed by atoms with E-state index in [0.717, 1.165) is 22.1 Å². The normalized spacial score (nSPS) is 14.0. The first-order valence-electron chi connectivity index (χ1n) is 7.23. The summed E-state index contributed by atoms with van der Waals surface area (Å²) in [6.45, 7) is 0. The van der Waals surface area contributed by atoms with Crippen molar-refractivity contribution in [1.29, 1.82) is 0 Å². The molecule has 1 aliphatic heterocycles. The fraction of sp³-hybridized carbons (Fsp3) is 0.235. The number of hydrogen-bond donors (Lipinski definition) is 0. The van der Waals surface area contributed by atoms with Crippen molar-refractivity contribution in [3.63, 3.8) is 0 Å². The highest BCUT2D eigenvalue weighted by Gasteiger charge is 2.29. The van der Waals surface area contributed by atoms with Crippen molar-refractivity contribution in [3.8, 4) is 0 Å². The van der Waals surface area contributed by atoms with Crippen molar-refractivity contribution in [3.05, 3.63) is 67.9 Å². The monoisotopic (exact) mass is 311 g/mol. The quantitative estimate of drug-likeness (QED) is 0.765. The molecule has 0 aliphatic carbocycles. The molecule has 6 nitrogen and oxygen atoms in total. The molecule has 0 N–H and O–H groups in total. The molecule has 0 atom stereocenters. The van der Waals surface area contributed by atoms with Crippen LogP contribution in [0.5, 0.6) is 0 Å². The Morgan fingerprint density at radius 2 is 1.65 bits per heavy atom. The maximum Gasteiger partial charge on any atom is 0.332 e. The fourth-order valence-electron chi connectivity index (χ4n) is 3.15. The molecule has 2 heterocycles. The smallest absolute Gasteiger partial charge is 0.329 e. The fourth-order valence-corrected chi connectivity index (χ4v) is 3.15. The Hall–Kier alpha value is -2.89. The number of hydrogen-bond acceptors (Lipinski definition) is 4. The van der Waals surface area contributed by atoms with E-state index >= 15 is 0 Å². The zero-order valence-electron chi connectivity index (χ0n) is 13.2. The lowest BCUT2D eigenvalue weighted by molar-refractivity contribution is -0.104. The van der Waals surface area contributed by atoms with E-state index in [4.69, 9.17) is 0 Å². The number of allylic oxidation sites excluding steroid dienone is 1. The molecule has 2 aromatic rings. The number of aromatic nitrogens is 2. The second-order valence-electron chi connectivity index (χ2n) is 5.60. The first-order valence-corrected chi connectivity index (χ1v) is 7.23. The molecular weight excluding hydrogens is 294 g/mol. The molecule has 6 heteroatoms. The van der Waals surface area contributed by atoms with E-state index in [1.165, 1.54) is 11.6 Å². The van der Waals surface area contributed by atoms with Crippen molar-refractivity contribution in [2.75, 3.05) is 11.9 Å². The van der Waals surface area contributed by atoms with Crippen LogP contribution in [0.25, 0.3) is 5.70 Å². The Morgan fingerprint density at radius 3 is 2.26 bits per heavy atom. The lowest BCUT2D eigenvalue weighted by atomic mass is 9.96. The van der Waals surface area contributed by atoms with Gasteiger partial charge in [-0.3, -0.25) is 18.7 Å². The Kier molecular flexibility index (Phi) is 3.52. The van der Waals surface area contributed by atoms with Gasteiger partial charge in [0.2, 0.25) is 0 Å². The van der Waals surface area contributed by atoms with Gasteiger partial charge in [0, 0.05) is 33.1 Å². The van der Waals surface area contributed by atoms with E-state index in [9.17, 15) is 14.4 Å². The Balaban J connectivity index is 2.33. The van der Waals surface area contributed by atoms with E-state index in [1.54, 1.807) is 19.0 Å². The van der Waals surface area contributed by atoms with Crippen LogP contribution in [-0.2, 0) is 25.3 Å². The summed E-state index contributed by atoms with van der Waals surface area (Å²) in [6.07, 6.45) is 1.00. The van der Waals surface area contributed by atoms with Gasteiger partial charge in [0.25, 0.3) is 5.56 Å². The van der Waals surface area contributed by atoms with Gasteiger partial charge < -0.3 is 4.90 Å². The highest BCUT2D eigenvalue weighted by molar-refractivity contribution is 5.96. The van der Waals surface area contributed by atoms with Gasteiger partial charge in [-0.15, -0.1) is 0 Å². The number of rotatable bonds is 2. The Bertz CT molecular complexity index is 936. The lowest BCUT2D eigenvalue weighted by Crippen LogP contribution is -2.43.